The summed E-state index contributed by atoms with van der Waals surface area (Å²) >= 11 is 0. The first-order valence-corrected chi connectivity index (χ1v) is 20.5. The number of aliphatic hydroxyl groups excluding tert-OH is 1. The number of hydrogen-bond acceptors (Lipinski definition) is 4. The predicted octanol–water partition coefficient (Wildman–Crippen LogP) is 7.88. The van der Waals surface area contributed by atoms with E-state index in [0.29, 0.717) is 6.42 Å². The van der Waals surface area contributed by atoms with Crippen molar-refractivity contribution in [2.45, 2.75) is 136 Å². The van der Waals surface area contributed by atoms with Crippen LogP contribution in [0, 0.1) is 5.92 Å². The van der Waals surface area contributed by atoms with E-state index in [1.54, 1.807) is 0 Å². The van der Waals surface area contributed by atoms with Crippen molar-refractivity contribution >= 4 is 32.8 Å². The van der Waals surface area contributed by atoms with Gasteiger partial charge in [-0.3, -0.25) is 4.79 Å². The van der Waals surface area contributed by atoms with Crippen molar-refractivity contribution in [3.63, 3.8) is 0 Å². The van der Waals surface area contributed by atoms with Gasteiger partial charge >= 0.3 is 0 Å². The summed E-state index contributed by atoms with van der Waals surface area (Å²) in [5.74, 6) is -0.545. The zero-order chi connectivity index (χ0) is 31.1. The summed E-state index contributed by atoms with van der Waals surface area (Å²) in [4.78, 5) is 14.1. The van der Waals surface area contributed by atoms with Crippen LogP contribution >= 0.6 is 0 Å². The third-order valence-electron chi connectivity index (χ3n) is 9.09. The molecule has 0 spiro atoms. The SMILES string of the molecule is CCCCCC[C@@H](C(=O)[C@H](C)O[Si](C)(C)C(C)(C)C)[C@@H](O)[C@@H](C)O[Si](c1ccccc1)(c1ccccc1)C(C)(C)C. The van der Waals surface area contributed by atoms with Crippen LogP contribution in [0.15, 0.2) is 60.7 Å². The second-order valence-electron chi connectivity index (χ2n) is 14.4. The number of hydrogen-bond donors (Lipinski definition) is 1. The van der Waals surface area contributed by atoms with Gasteiger partial charge in [-0.25, -0.2) is 0 Å². The number of Topliss-reactive ketones (excluding diaryl/α,β-unsaturated/α-hetero) is 1. The number of rotatable bonds is 15. The largest absolute Gasteiger partial charge is 0.407 e. The summed E-state index contributed by atoms with van der Waals surface area (Å²) in [6.45, 7) is 23.6. The van der Waals surface area contributed by atoms with Gasteiger partial charge in [0.05, 0.1) is 12.2 Å². The number of carbonyl (C=O) groups is 1. The van der Waals surface area contributed by atoms with Crippen molar-refractivity contribution in [2.75, 3.05) is 0 Å². The molecule has 0 bridgehead atoms. The fourth-order valence-corrected chi connectivity index (χ4v) is 11.7. The van der Waals surface area contributed by atoms with Crippen LogP contribution in [0.25, 0.3) is 0 Å². The summed E-state index contributed by atoms with van der Waals surface area (Å²) in [6.07, 6.45) is 2.80. The van der Waals surface area contributed by atoms with E-state index in [1.807, 2.05) is 26.0 Å². The van der Waals surface area contributed by atoms with Crippen LogP contribution in [0.1, 0.15) is 94.4 Å². The van der Waals surface area contributed by atoms with Gasteiger partial charge in [-0.15, -0.1) is 0 Å². The zero-order valence-electron chi connectivity index (χ0n) is 27.8. The third kappa shape index (κ3) is 8.73. The molecule has 0 aliphatic rings. The number of unbranched alkanes of at least 4 members (excludes halogenated alkanes) is 3. The van der Waals surface area contributed by atoms with Crippen molar-refractivity contribution in [3.8, 4) is 0 Å². The van der Waals surface area contributed by atoms with E-state index < -0.39 is 40.9 Å². The van der Waals surface area contributed by atoms with Gasteiger partial charge in [-0.2, -0.15) is 0 Å². The topological polar surface area (TPSA) is 55.8 Å². The molecule has 4 atom stereocenters. The lowest BCUT2D eigenvalue weighted by molar-refractivity contribution is -0.136. The van der Waals surface area contributed by atoms with E-state index in [9.17, 15) is 9.90 Å². The van der Waals surface area contributed by atoms with E-state index in [1.165, 1.54) is 10.4 Å². The van der Waals surface area contributed by atoms with Crippen molar-refractivity contribution in [3.05, 3.63) is 60.7 Å². The van der Waals surface area contributed by atoms with Crippen LogP contribution in [0.4, 0.5) is 0 Å². The summed E-state index contributed by atoms with van der Waals surface area (Å²) in [5, 5.41) is 14.1. The van der Waals surface area contributed by atoms with Crippen molar-refractivity contribution in [1.82, 2.24) is 0 Å². The molecule has 0 amide bonds. The first kappa shape index (κ1) is 35.6. The summed E-state index contributed by atoms with van der Waals surface area (Å²) in [5.41, 5.74) is 0. The van der Waals surface area contributed by atoms with E-state index >= 15 is 0 Å². The van der Waals surface area contributed by atoms with Crippen LogP contribution in [0.3, 0.4) is 0 Å². The zero-order valence-corrected chi connectivity index (χ0v) is 29.8. The van der Waals surface area contributed by atoms with Gasteiger partial charge < -0.3 is 14.0 Å². The molecule has 2 aromatic carbocycles. The Balaban J connectivity index is 2.49. The highest BCUT2D eigenvalue weighted by Gasteiger charge is 2.52. The number of aliphatic hydroxyl groups is 1. The highest BCUT2D eigenvalue weighted by Crippen LogP contribution is 2.40. The molecular formula is C35H58O4Si2. The van der Waals surface area contributed by atoms with Crippen LogP contribution in [0.2, 0.25) is 23.2 Å². The fourth-order valence-electron chi connectivity index (χ4n) is 5.62. The van der Waals surface area contributed by atoms with Crippen LogP contribution in [-0.4, -0.2) is 45.8 Å². The maximum atomic E-state index is 14.1. The summed E-state index contributed by atoms with van der Waals surface area (Å²) in [7, 11) is -5.05. The summed E-state index contributed by atoms with van der Waals surface area (Å²) < 4.78 is 13.8. The molecule has 0 saturated carbocycles. The Morgan fingerprint density at radius 3 is 1.68 bits per heavy atom. The standard InChI is InChI=1S/C35H58O4Si2/c1-12-13-14-21-26-31(32(36)27(2)38-40(10,11)34(4,5)6)33(37)28(3)39-41(35(7,8)9,29-22-17-15-18-23-29)30-24-19-16-20-25-30/h15-20,22-25,27-28,31,33,37H,12-14,21,26H2,1-11H3/t27-,28+,31-,33-/m0/s1. The number of carbonyl (C=O) groups excluding carboxylic acids is 1. The van der Waals surface area contributed by atoms with Gasteiger partial charge in [0.15, 0.2) is 14.1 Å². The van der Waals surface area contributed by atoms with E-state index in [2.05, 4.69) is 110 Å². The van der Waals surface area contributed by atoms with Crippen molar-refractivity contribution in [1.29, 1.82) is 0 Å². The molecule has 230 valence electrons. The highest BCUT2D eigenvalue weighted by molar-refractivity contribution is 6.99. The second-order valence-corrected chi connectivity index (χ2v) is 23.4. The lowest BCUT2D eigenvalue weighted by Crippen LogP contribution is -2.68. The average Bonchev–Trinajstić information content (AvgIpc) is 2.90. The predicted molar refractivity (Wildman–Crippen MR) is 179 cm³/mol. The van der Waals surface area contributed by atoms with E-state index in [4.69, 9.17) is 8.85 Å². The average molecular weight is 599 g/mol. The highest BCUT2D eigenvalue weighted by atomic mass is 28.4. The molecule has 0 radical (unpaired) electrons. The molecule has 2 aromatic rings. The summed E-state index contributed by atoms with van der Waals surface area (Å²) in [6, 6.07) is 21.0. The molecule has 6 heteroatoms. The second kappa shape index (κ2) is 14.7. The molecule has 0 fully saturated rings. The molecule has 1 N–H and O–H groups in total. The van der Waals surface area contributed by atoms with Crippen molar-refractivity contribution in [2.24, 2.45) is 5.92 Å². The maximum Gasteiger partial charge on any atom is 0.261 e. The van der Waals surface area contributed by atoms with Crippen LogP contribution in [-0.2, 0) is 13.6 Å². The molecule has 0 aliphatic heterocycles. The van der Waals surface area contributed by atoms with Gasteiger partial charge in [-0.1, -0.05) is 135 Å². The quantitative estimate of drug-likeness (QED) is 0.167. The Morgan fingerprint density at radius 2 is 1.27 bits per heavy atom. The number of benzene rings is 2. The number of ketones is 1. The van der Waals surface area contributed by atoms with E-state index in [0.717, 1.165) is 25.7 Å². The van der Waals surface area contributed by atoms with Gasteiger partial charge in [0.1, 0.15) is 6.10 Å². The first-order valence-electron chi connectivity index (χ1n) is 15.7. The van der Waals surface area contributed by atoms with Gasteiger partial charge in [0, 0.05) is 5.92 Å². The molecule has 0 heterocycles. The fraction of sp³-hybridized carbons (Fsp3) is 0.629. The maximum absolute atomic E-state index is 14.1. The van der Waals surface area contributed by atoms with Gasteiger partial charge in [0.25, 0.3) is 8.32 Å². The van der Waals surface area contributed by atoms with Gasteiger partial charge in [-0.05, 0) is 53.8 Å². The monoisotopic (exact) mass is 598 g/mol. The van der Waals surface area contributed by atoms with Crippen molar-refractivity contribution < 1.29 is 18.8 Å². The molecule has 0 saturated heterocycles. The minimum Gasteiger partial charge on any atom is -0.407 e. The van der Waals surface area contributed by atoms with Crippen LogP contribution in [0.5, 0.6) is 0 Å². The molecule has 4 nitrogen and oxygen atoms in total. The molecule has 41 heavy (non-hydrogen) atoms. The van der Waals surface area contributed by atoms with Gasteiger partial charge in [0.2, 0.25) is 0 Å². The minimum atomic E-state index is -2.89. The first-order chi connectivity index (χ1) is 19.0. The Kier molecular flexibility index (Phi) is 12.8. The Morgan fingerprint density at radius 1 is 0.780 bits per heavy atom. The lowest BCUT2D eigenvalue weighted by Gasteiger charge is -2.46. The third-order valence-corrected chi connectivity index (χ3v) is 18.8. The molecule has 2 rings (SSSR count). The lowest BCUT2D eigenvalue weighted by atomic mass is 9.87. The Hall–Kier alpha value is -1.58. The smallest absolute Gasteiger partial charge is 0.261 e. The Labute approximate surface area is 253 Å². The molecule has 0 aromatic heterocycles. The normalized spacial score (nSPS) is 16.2. The van der Waals surface area contributed by atoms with E-state index in [-0.39, 0.29) is 15.9 Å². The Bertz CT molecular complexity index is 1020. The molecule has 0 unspecified atom stereocenters. The molecule has 0 aliphatic carbocycles. The minimum absolute atomic E-state index is 0.00304. The van der Waals surface area contributed by atoms with Crippen LogP contribution < -0.4 is 10.4 Å². The molecular weight excluding hydrogens is 541 g/mol.